The Hall–Kier alpha value is -0.870. The average Bonchev–Trinajstić information content (AvgIpc) is 2.66. The summed E-state index contributed by atoms with van der Waals surface area (Å²) in [4.78, 5) is 13.8. The van der Waals surface area contributed by atoms with Crippen LogP contribution in [0.1, 0.15) is 27.4 Å². The minimum Gasteiger partial charge on any atom is -0.381 e. The molecule has 0 unspecified atom stereocenters. The van der Waals surface area contributed by atoms with E-state index in [0.717, 1.165) is 30.9 Å². The summed E-state index contributed by atoms with van der Waals surface area (Å²) >= 11 is 1.54. The molecule has 2 heterocycles. The molecular formula is C11H15NO2S. The minimum absolute atomic E-state index is 0.0556. The highest BCUT2D eigenvalue weighted by Gasteiger charge is 2.17. The molecule has 2 rings (SSSR count). The van der Waals surface area contributed by atoms with E-state index < -0.39 is 0 Å². The Morgan fingerprint density at radius 2 is 2.20 bits per heavy atom. The lowest BCUT2D eigenvalue weighted by atomic mass is 10.1. The predicted molar refractivity (Wildman–Crippen MR) is 60.4 cm³/mol. The van der Waals surface area contributed by atoms with Gasteiger partial charge in [0.1, 0.15) is 0 Å². The van der Waals surface area contributed by atoms with Crippen LogP contribution in [0.4, 0.5) is 0 Å². The number of ether oxygens (including phenoxy) is 1. The summed E-state index contributed by atoms with van der Waals surface area (Å²) < 4.78 is 5.24. The summed E-state index contributed by atoms with van der Waals surface area (Å²) in [5.74, 6) is 0.0556. The highest BCUT2D eigenvalue weighted by Crippen LogP contribution is 2.16. The van der Waals surface area contributed by atoms with Crippen molar-refractivity contribution in [3.05, 3.63) is 21.9 Å². The van der Waals surface area contributed by atoms with Gasteiger partial charge in [0.05, 0.1) is 4.88 Å². The number of thiophene rings is 1. The van der Waals surface area contributed by atoms with Gasteiger partial charge in [0, 0.05) is 24.1 Å². The third-order valence-electron chi connectivity index (χ3n) is 2.52. The molecule has 0 aromatic carbocycles. The van der Waals surface area contributed by atoms with E-state index in [1.54, 1.807) is 11.3 Å². The van der Waals surface area contributed by atoms with Gasteiger partial charge in [-0.15, -0.1) is 11.3 Å². The van der Waals surface area contributed by atoms with Crippen LogP contribution in [0.2, 0.25) is 0 Å². The molecule has 1 fully saturated rings. The smallest absolute Gasteiger partial charge is 0.261 e. The number of carbonyl (C=O) groups excluding carboxylic acids is 1. The predicted octanol–water partition coefficient (Wildman–Crippen LogP) is 1.97. The van der Waals surface area contributed by atoms with Gasteiger partial charge in [-0.2, -0.15) is 0 Å². The lowest BCUT2D eigenvalue weighted by molar-refractivity contribution is 0.0698. The Kier molecular flexibility index (Phi) is 3.38. The highest BCUT2D eigenvalue weighted by molar-refractivity contribution is 7.13. The molecular weight excluding hydrogens is 210 g/mol. The van der Waals surface area contributed by atoms with Crippen LogP contribution < -0.4 is 5.32 Å². The number of hydrogen-bond donors (Lipinski definition) is 1. The standard InChI is InChI=1S/C11H15NO2S/c1-8-2-3-10(15-8)11(13)12-9-4-6-14-7-5-9/h2-3,9H,4-7H2,1H3,(H,12,13). The summed E-state index contributed by atoms with van der Waals surface area (Å²) in [5.41, 5.74) is 0. The molecule has 1 aromatic rings. The van der Waals surface area contributed by atoms with Crippen LogP contribution in [-0.2, 0) is 4.74 Å². The second-order valence-corrected chi connectivity index (χ2v) is 5.06. The van der Waals surface area contributed by atoms with Crippen molar-refractivity contribution in [1.82, 2.24) is 5.32 Å². The van der Waals surface area contributed by atoms with E-state index >= 15 is 0 Å². The Labute approximate surface area is 93.4 Å². The Bertz CT molecular complexity index is 342. The zero-order valence-corrected chi connectivity index (χ0v) is 9.60. The van der Waals surface area contributed by atoms with Crippen molar-refractivity contribution in [2.75, 3.05) is 13.2 Å². The first-order chi connectivity index (χ1) is 7.25. The van der Waals surface area contributed by atoms with Crippen LogP contribution >= 0.6 is 11.3 Å². The summed E-state index contributed by atoms with van der Waals surface area (Å²) in [7, 11) is 0. The van der Waals surface area contributed by atoms with E-state index in [9.17, 15) is 4.79 Å². The van der Waals surface area contributed by atoms with E-state index in [1.807, 2.05) is 19.1 Å². The van der Waals surface area contributed by atoms with Gasteiger partial charge in [-0.25, -0.2) is 0 Å². The molecule has 0 aliphatic carbocycles. The molecule has 1 N–H and O–H groups in total. The van der Waals surface area contributed by atoms with Crippen molar-refractivity contribution in [2.24, 2.45) is 0 Å². The monoisotopic (exact) mass is 225 g/mol. The molecule has 1 saturated heterocycles. The molecule has 0 spiro atoms. The fourth-order valence-corrected chi connectivity index (χ4v) is 2.43. The number of amides is 1. The largest absolute Gasteiger partial charge is 0.381 e. The molecule has 0 radical (unpaired) electrons. The van der Waals surface area contributed by atoms with Crippen molar-refractivity contribution in [1.29, 1.82) is 0 Å². The molecule has 1 aliphatic heterocycles. The third kappa shape index (κ3) is 2.79. The second kappa shape index (κ2) is 4.77. The third-order valence-corrected chi connectivity index (χ3v) is 3.52. The zero-order valence-electron chi connectivity index (χ0n) is 8.79. The van der Waals surface area contributed by atoms with Crippen LogP contribution in [0.3, 0.4) is 0 Å². The van der Waals surface area contributed by atoms with E-state index in [0.29, 0.717) is 0 Å². The van der Waals surface area contributed by atoms with Crippen LogP contribution in [0.25, 0.3) is 0 Å². The van der Waals surface area contributed by atoms with Crippen LogP contribution in [0.15, 0.2) is 12.1 Å². The van der Waals surface area contributed by atoms with E-state index in [-0.39, 0.29) is 11.9 Å². The molecule has 82 valence electrons. The second-order valence-electron chi connectivity index (χ2n) is 3.77. The van der Waals surface area contributed by atoms with Gasteiger partial charge >= 0.3 is 0 Å². The topological polar surface area (TPSA) is 38.3 Å². The van der Waals surface area contributed by atoms with E-state index in [2.05, 4.69) is 5.32 Å². The summed E-state index contributed by atoms with van der Waals surface area (Å²) in [5, 5.41) is 3.04. The Balaban J connectivity index is 1.91. The van der Waals surface area contributed by atoms with E-state index in [4.69, 9.17) is 4.74 Å². The van der Waals surface area contributed by atoms with Gasteiger partial charge in [0.15, 0.2) is 0 Å². The number of rotatable bonds is 2. The maximum Gasteiger partial charge on any atom is 0.261 e. The quantitative estimate of drug-likeness (QED) is 0.835. The summed E-state index contributed by atoms with van der Waals surface area (Å²) in [6.07, 6.45) is 1.85. The molecule has 0 saturated carbocycles. The first-order valence-electron chi connectivity index (χ1n) is 5.21. The van der Waals surface area contributed by atoms with E-state index in [1.165, 1.54) is 4.88 Å². The fraction of sp³-hybridized carbons (Fsp3) is 0.545. The lowest BCUT2D eigenvalue weighted by Crippen LogP contribution is -2.38. The first kappa shape index (κ1) is 10.6. The van der Waals surface area contributed by atoms with Gasteiger partial charge in [0.2, 0.25) is 0 Å². The van der Waals surface area contributed by atoms with Gasteiger partial charge < -0.3 is 10.1 Å². The molecule has 1 amide bonds. The molecule has 3 nitrogen and oxygen atoms in total. The molecule has 1 aliphatic rings. The number of carbonyl (C=O) groups is 1. The van der Waals surface area contributed by atoms with Crippen molar-refractivity contribution in [3.63, 3.8) is 0 Å². The van der Waals surface area contributed by atoms with Gasteiger partial charge in [-0.3, -0.25) is 4.79 Å². The van der Waals surface area contributed by atoms with Crippen molar-refractivity contribution in [3.8, 4) is 0 Å². The molecule has 0 atom stereocenters. The van der Waals surface area contributed by atoms with Crippen molar-refractivity contribution < 1.29 is 9.53 Å². The molecule has 0 bridgehead atoms. The summed E-state index contributed by atoms with van der Waals surface area (Å²) in [6.45, 7) is 3.53. The number of hydrogen-bond acceptors (Lipinski definition) is 3. The molecule has 15 heavy (non-hydrogen) atoms. The van der Waals surface area contributed by atoms with Gasteiger partial charge in [0.25, 0.3) is 5.91 Å². The van der Waals surface area contributed by atoms with Gasteiger partial charge in [-0.1, -0.05) is 0 Å². The minimum atomic E-state index is 0.0556. The SMILES string of the molecule is Cc1ccc(C(=O)NC2CCOCC2)s1. The Morgan fingerprint density at radius 3 is 2.80 bits per heavy atom. The fourth-order valence-electron chi connectivity index (χ4n) is 1.66. The maximum absolute atomic E-state index is 11.8. The molecule has 1 aromatic heterocycles. The highest BCUT2D eigenvalue weighted by atomic mass is 32.1. The molecule has 4 heteroatoms. The zero-order chi connectivity index (χ0) is 10.7. The van der Waals surface area contributed by atoms with Crippen molar-refractivity contribution in [2.45, 2.75) is 25.8 Å². The Morgan fingerprint density at radius 1 is 1.47 bits per heavy atom. The normalized spacial score (nSPS) is 17.7. The van der Waals surface area contributed by atoms with Gasteiger partial charge in [-0.05, 0) is 31.9 Å². The van der Waals surface area contributed by atoms with Crippen molar-refractivity contribution >= 4 is 17.2 Å². The van der Waals surface area contributed by atoms with Crippen LogP contribution in [0, 0.1) is 6.92 Å². The first-order valence-corrected chi connectivity index (χ1v) is 6.02. The maximum atomic E-state index is 11.8. The summed E-state index contributed by atoms with van der Waals surface area (Å²) in [6, 6.07) is 4.15. The number of nitrogens with one attached hydrogen (secondary N) is 1. The lowest BCUT2D eigenvalue weighted by Gasteiger charge is -2.22. The number of aryl methyl sites for hydroxylation is 1. The van der Waals surface area contributed by atoms with Crippen LogP contribution in [-0.4, -0.2) is 25.2 Å². The van der Waals surface area contributed by atoms with Crippen LogP contribution in [0.5, 0.6) is 0 Å². The average molecular weight is 225 g/mol.